The standard InChI is InChI=1S/C26H31FN4O3/c1-5-33-24-15-22-18(14-23(24)31-12-10-30(4)11-13-31)25(19(16-28-22)26(32)34-6-2)29-21-9-7-8-20(27)17(21)3/h7-9,14-16H,5-6,10-13H2,1-4H3,(H,28,29). The average Bonchev–Trinajstić information content (AvgIpc) is 2.82. The van der Waals surface area contributed by atoms with Crippen LogP contribution in [0.5, 0.6) is 5.75 Å². The van der Waals surface area contributed by atoms with Gasteiger partial charge in [0.2, 0.25) is 0 Å². The molecule has 8 heteroatoms. The number of carbonyl (C=O) groups is 1. The molecule has 34 heavy (non-hydrogen) atoms. The van der Waals surface area contributed by atoms with Gasteiger partial charge in [-0.1, -0.05) is 6.07 Å². The molecule has 1 saturated heterocycles. The zero-order chi connectivity index (χ0) is 24.2. The Kier molecular flexibility index (Phi) is 7.17. The zero-order valence-corrected chi connectivity index (χ0v) is 20.2. The smallest absolute Gasteiger partial charge is 0.341 e. The van der Waals surface area contributed by atoms with Crippen molar-refractivity contribution >= 4 is 33.9 Å². The van der Waals surface area contributed by atoms with Crippen molar-refractivity contribution in [1.29, 1.82) is 0 Å². The number of piperazine rings is 1. The summed E-state index contributed by atoms with van der Waals surface area (Å²) >= 11 is 0. The summed E-state index contributed by atoms with van der Waals surface area (Å²) in [6.07, 6.45) is 1.50. The maximum absolute atomic E-state index is 14.3. The summed E-state index contributed by atoms with van der Waals surface area (Å²) < 4.78 is 25.6. The van der Waals surface area contributed by atoms with Gasteiger partial charge in [-0.25, -0.2) is 9.18 Å². The number of ether oxygens (including phenoxy) is 2. The van der Waals surface area contributed by atoms with Crippen LogP contribution in [0.15, 0.2) is 36.5 Å². The molecule has 2 aromatic carbocycles. The number of carbonyl (C=O) groups excluding carboxylic acids is 1. The minimum absolute atomic E-state index is 0.241. The monoisotopic (exact) mass is 466 g/mol. The summed E-state index contributed by atoms with van der Waals surface area (Å²) in [4.78, 5) is 22.0. The zero-order valence-electron chi connectivity index (χ0n) is 20.2. The Bertz CT molecular complexity index is 1190. The highest BCUT2D eigenvalue weighted by Crippen LogP contribution is 2.39. The van der Waals surface area contributed by atoms with Gasteiger partial charge in [0.1, 0.15) is 17.1 Å². The second kappa shape index (κ2) is 10.3. The molecular weight excluding hydrogens is 435 g/mol. The number of benzene rings is 2. The van der Waals surface area contributed by atoms with Gasteiger partial charge in [0.15, 0.2) is 0 Å². The number of hydrogen-bond donors (Lipinski definition) is 1. The molecule has 0 aliphatic carbocycles. The van der Waals surface area contributed by atoms with E-state index in [9.17, 15) is 9.18 Å². The van der Waals surface area contributed by atoms with Gasteiger partial charge in [-0.2, -0.15) is 0 Å². The van der Waals surface area contributed by atoms with Crippen LogP contribution >= 0.6 is 0 Å². The summed E-state index contributed by atoms with van der Waals surface area (Å²) in [7, 11) is 2.11. The van der Waals surface area contributed by atoms with Gasteiger partial charge >= 0.3 is 5.97 Å². The lowest BCUT2D eigenvalue weighted by atomic mass is 10.1. The second-order valence-corrected chi connectivity index (χ2v) is 8.37. The molecule has 1 fully saturated rings. The number of aromatic nitrogens is 1. The molecule has 2 heterocycles. The van der Waals surface area contributed by atoms with Gasteiger partial charge in [-0.05, 0) is 46.0 Å². The fourth-order valence-corrected chi connectivity index (χ4v) is 4.15. The predicted octanol–water partition coefficient (Wildman–Crippen LogP) is 4.75. The summed E-state index contributed by atoms with van der Waals surface area (Å²) in [5.41, 5.74) is 3.50. The van der Waals surface area contributed by atoms with Crippen LogP contribution in [0.25, 0.3) is 10.9 Å². The molecule has 0 radical (unpaired) electrons. The van der Waals surface area contributed by atoms with E-state index in [4.69, 9.17) is 9.47 Å². The Hall–Kier alpha value is -3.39. The van der Waals surface area contributed by atoms with Crippen molar-refractivity contribution in [1.82, 2.24) is 9.88 Å². The normalized spacial score (nSPS) is 14.3. The molecule has 0 spiro atoms. The van der Waals surface area contributed by atoms with Crippen molar-refractivity contribution in [3.05, 3.63) is 53.5 Å². The van der Waals surface area contributed by atoms with Crippen LogP contribution in [0.1, 0.15) is 29.8 Å². The summed E-state index contributed by atoms with van der Waals surface area (Å²) in [6, 6.07) is 8.76. The van der Waals surface area contributed by atoms with Crippen LogP contribution in [0.2, 0.25) is 0 Å². The molecule has 1 aliphatic rings. The lowest BCUT2D eigenvalue weighted by molar-refractivity contribution is 0.0527. The highest BCUT2D eigenvalue weighted by molar-refractivity contribution is 6.07. The van der Waals surface area contributed by atoms with Crippen LogP contribution in [-0.2, 0) is 4.74 Å². The van der Waals surface area contributed by atoms with Gasteiger partial charge < -0.3 is 24.6 Å². The lowest BCUT2D eigenvalue weighted by Crippen LogP contribution is -2.44. The van der Waals surface area contributed by atoms with Gasteiger partial charge in [-0.3, -0.25) is 4.98 Å². The lowest BCUT2D eigenvalue weighted by Gasteiger charge is -2.35. The third kappa shape index (κ3) is 4.77. The van der Waals surface area contributed by atoms with E-state index in [0.29, 0.717) is 34.6 Å². The van der Waals surface area contributed by atoms with E-state index in [-0.39, 0.29) is 12.4 Å². The molecule has 180 valence electrons. The Morgan fingerprint density at radius 3 is 2.62 bits per heavy atom. The van der Waals surface area contributed by atoms with Crippen molar-refractivity contribution in [3.8, 4) is 5.75 Å². The topological polar surface area (TPSA) is 66.9 Å². The van der Waals surface area contributed by atoms with Gasteiger partial charge in [0, 0.05) is 55.1 Å². The van der Waals surface area contributed by atoms with Crippen molar-refractivity contribution < 1.29 is 18.7 Å². The fraction of sp³-hybridized carbons (Fsp3) is 0.385. The molecule has 0 unspecified atom stereocenters. The Labute approximate surface area is 199 Å². The number of fused-ring (bicyclic) bond motifs is 1. The first-order chi connectivity index (χ1) is 16.4. The minimum Gasteiger partial charge on any atom is -0.492 e. The van der Waals surface area contributed by atoms with Crippen LogP contribution < -0.4 is 15.0 Å². The maximum atomic E-state index is 14.3. The molecule has 1 N–H and O–H groups in total. The molecule has 0 amide bonds. The number of esters is 1. The van der Waals surface area contributed by atoms with E-state index in [1.165, 1.54) is 12.3 Å². The number of likely N-dealkylation sites (N-methyl/N-ethyl adjacent to an activating group) is 1. The summed E-state index contributed by atoms with van der Waals surface area (Å²) in [6.45, 7) is 9.79. The SMILES string of the molecule is CCOC(=O)c1cnc2cc(OCC)c(N3CCN(C)CC3)cc2c1Nc1cccc(F)c1C. The number of anilines is 3. The quantitative estimate of drug-likeness (QED) is 0.504. The summed E-state index contributed by atoms with van der Waals surface area (Å²) in [5, 5.41) is 4.05. The highest BCUT2D eigenvalue weighted by atomic mass is 19.1. The first-order valence-corrected chi connectivity index (χ1v) is 11.6. The fourth-order valence-electron chi connectivity index (χ4n) is 4.15. The predicted molar refractivity (Wildman–Crippen MR) is 133 cm³/mol. The van der Waals surface area contributed by atoms with Gasteiger partial charge in [-0.15, -0.1) is 0 Å². The Morgan fingerprint density at radius 1 is 1.15 bits per heavy atom. The number of halogens is 1. The third-order valence-corrected chi connectivity index (χ3v) is 6.12. The molecular formula is C26H31FN4O3. The number of nitrogens with zero attached hydrogens (tertiary/aromatic N) is 3. The van der Waals surface area contributed by atoms with Crippen LogP contribution in [0.4, 0.5) is 21.5 Å². The third-order valence-electron chi connectivity index (χ3n) is 6.12. The van der Waals surface area contributed by atoms with E-state index < -0.39 is 5.97 Å². The molecule has 0 bridgehead atoms. The van der Waals surface area contributed by atoms with Crippen LogP contribution in [0.3, 0.4) is 0 Å². The van der Waals surface area contributed by atoms with E-state index >= 15 is 0 Å². The molecule has 0 atom stereocenters. The van der Waals surface area contributed by atoms with Crippen molar-refractivity contribution in [2.24, 2.45) is 0 Å². The Morgan fingerprint density at radius 2 is 1.91 bits per heavy atom. The number of rotatable bonds is 7. The minimum atomic E-state index is -0.483. The number of pyridine rings is 1. The maximum Gasteiger partial charge on any atom is 0.341 e. The molecule has 3 aromatic rings. The van der Waals surface area contributed by atoms with E-state index in [2.05, 4.69) is 27.1 Å². The molecule has 4 rings (SSSR count). The Balaban J connectivity index is 1.90. The second-order valence-electron chi connectivity index (χ2n) is 8.37. The van der Waals surface area contributed by atoms with Crippen molar-refractivity contribution in [2.75, 3.05) is 56.7 Å². The summed E-state index contributed by atoms with van der Waals surface area (Å²) in [5.74, 6) is -0.0508. The first kappa shape index (κ1) is 23.8. The van der Waals surface area contributed by atoms with E-state index in [1.807, 2.05) is 19.1 Å². The van der Waals surface area contributed by atoms with Crippen LogP contribution in [0, 0.1) is 12.7 Å². The number of hydrogen-bond acceptors (Lipinski definition) is 7. The number of nitrogens with one attached hydrogen (secondary N) is 1. The van der Waals surface area contributed by atoms with E-state index in [0.717, 1.165) is 43.0 Å². The molecule has 1 aliphatic heterocycles. The molecule has 7 nitrogen and oxygen atoms in total. The average molecular weight is 467 g/mol. The van der Waals surface area contributed by atoms with Gasteiger partial charge in [0.25, 0.3) is 0 Å². The highest BCUT2D eigenvalue weighted by Gasteiger charge is 2.23. The molecule has 1 aromatic heterocycles. The van der Waals surface area contributed by atoms with Crippen molar-refractivity contribution in [3.63, 3.8) is 0 Å². The van der Waals surface area contributed by atoms with Crippen molar-refractivity contribution in [2.45, 2.75) is 20.8 Å². The largest absolute Gasteiger partial charge is 0.492 e. The molecule has 0 saturated carbocycles. The van der Waals surface area contributed by atoms with E-state index in [1.54, 1.807) is 26.0 Å². The van der Waals surface area contributed by atoms with Crippen LogP contribution in [-0.4, -0.2) is 62.3 Å². The van der Waals surface area contributed by atoms with Gasteiger partial charge in [0.05, 0.1) is 30.1 Å². The first-order valence-electron chi connectivity index (χ1n) is 11.6.